The second kappa shape index (κ2) is 5.96. The summed E-state index contributed by atoms with van der Waals surface area (Å²) in [6.07, 6.45) is 0.968. The Balaban J connectivity index is 1.64. The van der Waals surface area contributed by atoms with E-state index in [1.807, 2.05) is 18.2 Å². The molecule has 0 heterocycles. The zero-order valence-corrected chi connectivity index (χ0v) is 13.5. The highest BCUT2D eigenvalue weighted by atomic mass is 16.2. The Morgan fingerprint density at radius 1 is 1.14 bits per heavy atom. The highest BCUT2D eigenvalue weighted by Crippen LogP contribution is 2.47. The van der Waals surface area contributed by atoms with Crippen molar-refractivity contribution in [2.24, 2.45) is 5.92 Å². The van der Waals surface area contributed by atoms with Gasteiger partial charge in [-0.25, -0.2) is 0 Å². The molecule has 0 bridgehead atoms. The van der Waals surface area contributed by atoms with Crippen LogP contribution in [0.3, 0.4) is 0 Å². The molecule has 22 heavy (non-hydrogen) atoms. The molecule has 0 spiro atoms. The van der Waals surface area contributed by atoms with Crippen LogP contribution in [0, 0.1) is 19.8 Å². The van der Waals surface area contributed by atoms with E-state index in [0.717, 1.165) is 6.42 Å². The third-order valence-electron chi connectivity index (χ3n) is 4.61. The van der Waals surface area contributed by atoms with Gasteiger partial charge < -0.3 is 5.32 Å². The van der Waals surface area contributed by atoms with Crippen LogP contribution in [0.1, 0.15) is 47.6 Å². The number of benzene rings is 2. The Morgan fingerprint density at radius 2 is 1.86 bits per heavy atom. The van der Waals surface area contributed by atoms with Crippen molar-refractivity contribution >= 4 is 5.91 Å². The molecule has 2 aromatic rings. The third-order valence-corrected chi connectivity index (χ3v) is 4.61. The van der Waals surface area contributed by atoms with E-state index in [-0.39, 0.29) is 17.9 Å². The molecule has 0 saturated heterocycles. The lowest BCUT2D eigenvalue weighted by atomic mass is 10.00. The third kappa shape index (κ3) is 3.06. The maximum atomic E-state index is 12.5. The monoisotopic (exact) mass is 293 g/mol. The van der Waals surface area contributed by atoms with Crippen molar-refractivity contribution in [1.82, 2.24) is 5.32 Å². The quantitative estimate of drug-likeness (QED) is 0.895. The Morgan fingerprint density at radius 3 is 2.59 bits per heavy atom. The van der Waals surface area contributed by atoms with Crippen LogP contribution in [-0.4, -0.2) is 5.91 Å². The van der Waals surface area contributed by atoms with Crippen LogP contribution in [0.15, 0.2) is 48.5 Å². The maximum absolute atomic E-state index is 12.5. The van der Waals surface area contributed by atoms with Gasteiger partial charge in [0, 0.05) is 5.92 Å². The molecule has 2 heteroatoms. The summed E-state index contributed by atoms with van der Waals surface area (Å²) in [6.45, 7) is 6.25. The Bertz CT molecular complexity index is 677. The average Bonchev–Trinajstić information content (AvgIpc) is 3.31. The van der Waals surface area contributed by atoms with Gasteiger partial charge in [-0.1, -0.05) is 54.1 Å². The summed E-state index contributed by atoms with van der Waals surface area (Å²) < 4.78 is 0. The molecular formula is C20H23NO. The van der Waals surface area contributed by atoms with Crippen LogP contribution < -0.4 is 5.32 Å². The lowest BCUT2D eigenvalue weighted by Crippen LogP contribution is -2.28. The Kier molecular flexibility index (Phi) is 4.02. The van der Waals surface area contributed by atoms with Crippen molar-refractivity contribution < 1.29 is 4.79 Å². The minimum absolute atomic E-state index is 0.0597. The first-order chi connectivity index (χ1) is 10.6. The summed E-state index contributed by atoms with van der Waals surface area (Å²) in [6, 6.07) is 16.8. The van der Waals surface area contributed by atoms with Gasteiger partial charge in [0.05, 0.1) is 6.04 Å². The number of hydrogen-bond acceptors (Lipinski definition) is 1. The fraction of sp³-hybridized carbons (Fsp3) is 0.350. The molecular weight excluding hydrogens is 270 g/mol. The van der Waals surface area contributed by atoms with Crippen LogP contribution in [0.5, 0.6) is 0 Å². The Labute approximate surface area is 132 Å². The van der Waals surface area contributed by atoms with Gasteiger partial charge in [0.2, 0.25) is 5.91 Å². The standard InChI is InChI=1S/C20H23NO/c1-13-9-10-14(2)17(11-13)15(3)21-20(22)19-12-18(19)16-7-5-4-6-8-16/h4-11,15,18-19H,12H2,1-3H3,(H,21,22)/t15-,18+,19+/m0/s1. The summed E-state index contributed by atoms with van der Waals surface area (Å²) in [4.78, 5) is 12.5. The first kappa shape index (κ1) is 14.8. The summed E-state index contributed by atoms with van der Waals surface area (Å²) in [5, 5.41) is 3.19. The molecule has 1 aliphatic rings. The van der Waals surface area contributed by atoms with Gasteiger partial charge in [-0.2, -0.15) is 0 Å². The van der Waals surface area contributed by atoms with Crippen molar-refractivity contribution in [3.05, 3.63) is 70.8 Å². The normalized spacial score (nSPS) is 21.2. The number of rotatable bonds is 4. The topological polar surface area (TPSA) is 29.1 Å². The number of carbonyl (C=O) groups is 1. The number of carbonyl (C=O) groups excluding carboxylic acids is 1. The molecule has 0 unspecified atom stereocenters. The summed E-state index contributed by atoms with van der Waals surface area (Å²) >= 11 is 0. The first-order valence-electron chi connectivity index (χ1n) is 7.98. The summed E-state index contributed by atoms with van der Waals surface area (Å²) in [5.74, 6) is 0.712. The van der Waals surface area contributed by atoms with Crippen LogP contribution in [0.25, 0.3) is 0 Å². The molecule has 0 radical (unpaired) electrons. The molecule has 3 atom stereocenters. The minimum atomic E-state index is 0.0597. The van der Waals surface area contributed by atoms with Gasteiger partial charge in [-0.05, 0) is 49.8 Å². The molecule has 1 fully saturated rings. The first-order valence-corrected chi connectivity index (χ1v) is 7.98. The molecule has 0 aromatic heterocycles. The van der Waals surface area contributed by atoms with Gasteiger partial charge in [-0.15, -0.1) is 0 Å². The fourth-order valence-corrected chi connectivity index (χ4v) is 3.18. The summed E-state index contributed by atoms with van der Waals surface area (Å²) in [5.41, 5.74) is 4.95. The second-order valence-electron chi connectivity index (χ2n) is 6.45. The maximum Gasteiger partial charge on any atom is 0.224 e. The lowest BCUT2D eigenvalue weighted by Gasteiger charge is -2.17. The molecule has 1 N–H and O–H groups in total. The smallest absolute Gasteiger partial charge is 0.224 e. The molecule has 1 aliphatic carbocycles. The van der Waals surface area contributed by atoms with Crippen molar-refractivity contribution in [1.29, 1.82) is 0 Å². The van der Waals surface area contributed by atoms with E-state index in [4.69, 9.17) is 0 Å². The van der Waals surface area contributed by atoms with Crippen LogP contribution in [0.2, 0.25) is 0 Å². The zero-order chi connectivity index (χ0) is 15.7. The van der Waals surface area contributed by atoms with E-state index in [9.17, 15) is 4.79 Å². The van der Waals surface area contributed by atoms with Gasteiger partial charge in [-0.3, -0.25) is 4.79 Å². The molecule has 114 valence electrons. The minimum Gasteiger partial charge on any atom is -0.349 e. The van der Waals surface area contributed by atoms with E-state index < -0.39 is 0 Å². The van der Waals surface area contributed by atoms with Crippen LogP contribution >= 0.6 is 0 Å². The van der Waals surface area contributed by atoms with E-state index >= 15 is 0 Å². The van der Waals surface area contributed by atoms with E-state index in [2.05, 4.69) is 56.4 Å². The van der Waals surface area contributed by atoms with Gasteiger partial charge in [0.15, 0.2) is 0 Å². The molecule has 2 aromatic carbocycles. The van der Waals surface area contributed by atoms with Crippen molar-refractivity contribution in [2.75, 3.05) is 0 Å². The number of hydrogen-bond donors (Lipinski definition) is 1. The number of amides is 1. The van der Waals surface area contributed by atoms with E-state index in [1.54, 1.807) is 0 Å². The van der Waals surface area contributed by atoms with E-state index in [0.29, 0.717) is 5.92 Å². The zero-order valence-electron chi connectivity index (χ0n) is 13.5. The SMILES string of the molecule is Cc1ccc(C)c([C@H](C)NC(=O)[C@@H]2C[C@@H]2c2ccccc2)c1. The highest BCUT2D eigenvalue weighted by Gasteiger charge is 2.44. The predicted molar refractivity (Wildman–Crippen MR) is 89.8 cm³/mol. The van der Waals surface area contributed by atoms with Gasteiger partial charge in [0.25, 0.3) is 0 Å². The second-order valence-corrected chi connectivity index (χ2v) is 6.45. The van der Waals surface area contributed by atoms with Crippen molar-refractivity contribution in [3.8, 4) is 0 Å². The van der Waals surface area contributed by atoms with Crippen molar-refractivity contribution in [3.63, 3.8) is 0 Å². The molecule has 2 nitrogen and oxygen atoms in total. The number of aryl methyl sites for hydroxylation is 2. The predicted octanol–water partition coefficient (Wildman–Crippen LogP) is 4.28. The van der Waals surface area contributed by atoms with Crippen molar-refractivity contribution in [2.45, 2.75) is 39.2 Å². The molecule has 3 rings (SSSR count). The Hall–Kier alpha value is -2.09. The van der Waals surface area contributed by atoms with Crippen LogP contribution in [-0.2, 0) is 4.79 Å². The molecule has 0 aliphatic heterocycles. The lowest BCUT2D eigenvalue weighted by molar-refractivity contribution is -0.123. The number of nitrogens with one attached hydrogen (secondary N) is 1. The largest absolute Gasteiger partial charge is 0.349 e. The fourth-order valence-electron chi connectivity index (χ4n) is 3.18. The molecule has 1 saturated carbocycles. The van der Waals surface area contributed by atoms with E-state index in [1.165, 1.54) is 22.3 Å². The average molecular weight is 293 g/mol. The van der Waals surface area contributed by atoms with Gasteiger partial charge in [0.1, 0.15) is 0 Å². The highest BCUT2D eigenvalue weighted by molar-refractivity contribution is 5.83. The van der Waals surface area contributed by atoms with Gasteiger partial charge >= 0.3 is 0 Å². The molecule has 1 amide bonds. The summed E-state index contributed by atoms with van der Waals surface area (Å²) in [7, 11) is 0. The van der Waals surface area contributed by atoms with Crippen LogP contribution in [0.4, 0.5) is 0 Å².